The van der Waals surface area contributed by atoms with Gasteiger partial charge in [0.1, 0.15) is 40.5 Å². The first-order valence-corrected chi connectivity index (χ1v) is 16.4. The summed E-state index contributed by atoms with van der Waals surface area (Å²) in [6.45, 7) is 7.38. The molecule has 0 saturated heterocycles. The normalized spacial score (nSPS) is 11.9. The van der Waals surface area contributed by atoms with Crippen molar-refractivity contribution in [3.8, 4) is 11.5 Å². The second kappa shape index (κ2) is 15.8. The molecule has 0 aliphatic carbocycles. The van der Waals surface area contributed by atoms with E-state index < -0.39 is 5.97 Å². The SMILES string of the molecule is CCOC(=O)CC(c1ccc(C)c(Cn2cc(C)oc3cc(OCCOCCC(=O)O)ccc3s2)c1)c1cc(OC)c2c(c1)nnn2C. The predicted octanol–water partition coefficient (Wildman–Crippen LogP) is 6.33. The Labute approximate surface area is 282 Å². The zero-order valence-corrected chi connectivity index (χ0v) is 28.5. The molecule has 254 valence electrons. The third kappa shape index (κ3) is 8.52. The van der Waals surface area contributed by atoms with E-state index in [4.69, 9.17) is 28.5 Å². The smallest absolute Gasteiger partial charge is 0.306 e. The Hall–Kier alpha value is -4.88. The number of hydrogen-bond donors (Lipinski definition) is 1. The topological polar surface area (TPSA) is 140 Å². The van der Waals surface area contributed by atoms with Gasteiger partial charge in [-0.1, -0.05) is 34.9 Å². The number of carboxylic acid groups (broad SMARTS) is 1. The summed E-state index contributed by atoms with van der Waals surface area (Å²) >= 11 is 1.56. The number of nitrogens with zero attached hydrogens (tertiary/aromatic N) is 4. The van der Waals surface area contributed by atoms with E-state index in [0.29, 0.717) is 48.1 Å². The number of aromatic nitrogens is 4. The number of rotatable bonds is 15. The number of fused-ring (bicyclic) bond motifs is 2. The first-order chi connectivity index (χ1) is 23.1. The largest absolute Gasteiger partial charge is 0.494 e. The lowest BCUT2D eigenvalue weighted by Crippen LogP contribution is -2.13. The van der Waals surface area contributed by atoms with Crippen LogP contribution in [0.25, 0.3) is 21.3 Å². The number of aryl methyl sites for hydroxylation is 3. The van der Waals surface area contributed by atoms with Crippen molar-refractivity contribution in [1.82, 2.24) is 19.0 Å². The molecule has 0 bridgehead atoms. The van der Waals surface area contributed by atoms with Crippen LogP contribution in [-0.4, -0.2) is 69.5 Å². The highest BCUT2D eigenvalue weighted by Crippen LogP contribution is 2.36. The molecule has 5 rings (SSSR count). The Morgan fingerprint density at radius 1 is 1.04 bits per heavy atom. The number of esters is 1. The Morgan fingerprint density at radius 3 is 2.65 bits per heavy atom. The number of hydrogen-bond acceptors (Lipinski definition) is 10. The van der Waals surface area contributed by atoms with Crippen molar-refractivity contribution in [3.05, 3.63) is 82.7 Å². The van der Waals surface area contributed by atoms with E-state index in [2.05, 4.69) is 39.4 Å². The van der Waals surface area contributed by atoms with E-state index in [1.807, 2.05) is 50.5 Å². The van der Waals surface area contributed by atoms with Crippen molar-refractivity contribution in [3.63, 3.8) is 0 Å². The third-order valence-corrected chi connectivity index (χ3v) is 8.77. The number of benzene rings is 3. The van der Waals surface area contributed by atoms with Crippen LogP contribution in [0.15, 0.2) is 59.1 Å². The first-order valence-electron chi connectivity index (χ1n) is 15.6. The molecule has 12 nitrogen and oxygen atoms in total. The summed E-state index contributed by atoms with van der Waals surface area (Å²) in [5.74, 6) is 0.496. The number of carboxylic acids is 1. The molecule has 2 heterocycles. The van der Waals surface area contributed by atoms with Crippen LogP contribution in [0.1, 0.15) is 53.7 Å². The van der Waals surface area contributed by atoms with Gasteiger partial charge in [0.2, 0.25) is 0 Å². The Morgan fingerprint density at radius 2 is 1.88 bits per heavy atom. The maximum Gasteiger partial charge on any atom is 0.306 e. The van der Waals surface area contributed by atoms with Gasteiger partial charge in [-0.05, 0) is 67.3 Å². The van der Waals surface area contributed by atoms with Crippen LogP contribution in [0.4, 0.5) is 0 Å². The van der Waals surface area contributed by atoms with Gasteiger partial charge in [-0.2, -0.15) is 0 Å². The zero-order chi connectivity index (χ0) is 34.2. The van der Waals surface area contributed by atoms with Gasteiger partial charge in [-0.15, -0.1) is 5.10 Å². The van der Waals surface area contributed by atoms with Crippen LogP contribution >= 0.6 is 11.5 Å². The highest BCUT2D eigenvalue weighted by molar-refractivity contribution is 7.13. The molecular weight excluding hydrogens is 636 g/mol. The minimum absolute atomic E-state index is 0.0423. The fraction of sp³-hybridized carbons (Fsp3) is 0.371. The second-order valence-corrected chi connectivity index (χ2v) is 12.4. The molecule has 0 aliphatic rings. The molecule has 13 heteroatoms. The molecule has 0 radical (unpaired) electrons. The van der Waals surface area contributed by atoms with Crippen LogP contribution in [-0.2, 0) is 32.7 Å². The van der Waals surface area contributed by atoms with Gasteiger partial charge in [0.25, 0.3) is 0 Å². The monoisotopic (exact) mass is 676 g/mol. The lowest BCUT2D eigenvalue weighted by Gasteiger charge is -2.20. The maximum absolute atomic E-state index is 12.9. The average molecular weight is 677 g/mol. The maximum atomic E-state index is 12.9. The van der Waals surface area contributed by atoms with Gasteiger partial charge in [0.05, 0.1) is 57.2 Å². The minimum atomic E-state index is -0.896. The van der Waals surface area contributed by atoms with Gasteiger partial charge in [0.15, 0.2) is 0 Å². The molecule has 2 aromatic heterocycles. The zero-order valence-electron chi connectivity index (χ0n) is 27.7. The summed E-state index contributed by atoms with van der Waals surface area (Å²) in [7, 11) is 3.43. The standard InChI is InChI=1S/C35H40N4O8S/c1-6-45-34(42)19-28(25-16-29-35(31(17-25)43-5)38(4)37-36-29)24-8-7-22(2)26(15-24)21-39-20-23(3)47-30-18-27(9-10-32(30)48-39)46-14-13-44-12-11-33(40)41/h7-10,15-18,20,28H,6,11-14,19,21H2,1-5H3,(H,40,41). The molecule has 0 aliphatic heterocycles. The van der Waals surface area contributed by atoms with E-state index in [9.17, 15) is 9.59 Å². The number of aliphatic carboxylic acids is 1. The summed E-state index contributed by atoms with van der Waals surface area (Å²) in [4.78, 5) is 23.5. The summed E-state index contributed by atoms with van der Waals surface area (Å²) in [5, 5.41) is 17.2. The van der Waals surface area contributed by atoms with Gasteiger partial charge in [0, 0.05) is 19.0 Å². The van der Waals surface area contributed by atoms with Crippen molar-refractivity contribution < 1.29 is 38.1 Å². The summed E-state index contributed by atoms with van der Waals surface area (Å²) in [5.41, 5.74) is 6.21. The molecule has 1 unspecified atom stereocenters. The highest BCUT2D eigenvalue weighted by Gasteiger charge is 2.23. The predicted molar refractivity (Wildman–Crippen MR) is 181 cm³/mol. The van der Waals surface area contributed by atoms with Crippen molar-refractivity contribution in [2.75, 3.05) is 33.5 Å². The van der Waals surface area contributed by atoms with E-state index in [-0.39, 0.29) is 37.9 Å². The van der Waals surface area contributed by atoms with Crippen LogP contribution < -0.4 is 9.47 Å². The van der Waals surface area contributed by atoms with Gasteiger partial charge >= 0.3 is 11.9 Å². The van der Waals surface area contributed by atoms with E-state index in [0.717, 1.165) is 32.5 Å². The van der Waals surface area contributed by atoms with Crippen LogP contribution in [0.5, 0.6) is 11.5 Å². The summed E-state index contributed by atoms with van der Waals surface area (Å²) in [6.07, 6.45) is 2.08. The third-order valence-electron chi connectivity index (χ3n) is 7.77. The van der Waals surface area contributed by atoms with Crippen LogP contribution in [0.2, 0.25) is 0 Å². The average Bonchev–Trinajstić information content (AvgIpc) is 3.35. The quantitative estimate of drug-likeness (QED) is 0.0988. The van der Waals surface area contributed by atoms with Gasteiger partial charge in [-0.3, -0.25) is 13.5 Å². The number of carbonyl (C=O) groups is 2. The Bertz CT molecular complexity index is 1950. The van der Waals surface area contributed by atoms with Gasteiger partial charge in [-0.25, -0.2) is 4.68 Å². The molecule has 5 aromatic rings. The lowest BCUT2D eigenvalue weighted by atomic mass is 9.86. The minimum Gasteiger partial charge on any atom is -0.494 e. The summed E-state index contributed by atoms with van der Waals surface area (Å²) < 4.78 is 33.1. The number of ether oxygens (including phenoxy) is 4. The summed E-state index contributed by atoms with van der Waals surface area (Å²) in [6, 6.07) is 15.9. The first kappa shape index (κ1) is 34.5. The van der Waals surface area contributed by atoms with E-state index >= 15 is 0 Å². The van der Waals surface area contributed by atoms with Gasteiger partial charge < -0.3 is 28.5 Å². The number of carbonyl (C=O) groups excluding carboxylic acids is 1. The van der Waals surface area contributed by atoms with Crippen LogP contribution in [0.3, 0.4) is 0 Å². The van der Waals surface area contributed by atoms with Crippen molar-refractivity contribution >= 4 is 44.8 Å². The van der Waals surface area contributed by atoms with Crippen LogP contribution in [0, 0.1) is 13.8 Å². The van der Waals surface area contributed by atoms with Crippen molar-refractivity contribution in [2.24, 2.45) is 7.05 Å². The molecule has 48 heavy (non-hydrogen) atoms. The molecule has 0 fully saturated rings. The van der Waals surface area contributed by atoms with E-state index in [1.165, 1.54) is 0 Å². The highest BCUT2D eigenvalue weighted by atomic mass is 32.1. The molecule has 1 atom stereocenters. The lowest BCUT2D eigenvalue weighted by molar-refractivity contribution is -0.143. The van der Waals surface area contributed by atoms with Crippen molar-refractivity contribution in [2.45, 2.75) is 46.1 Å². The van der Waals surface area contributed by atoms with E-state index in [1.54, 1.807) is 30.2 Å². The van der Waals surface area contributed by atoms with Crippen molar-refractivity contribution in [1.29, 1.82) is 0 Å². The molecule has 0 saturated carbocycles. The fourth-order valence-corrected chi connectivity index (χ4v) is 6.42. The molecule has 3 aromatic carbocycles. The molecular formula is C35H40N4O8S. The second-order valence-electron chi connectivity index (χ2n) is 11.3. The molecule has 0 spiro atoms. The molecule has 0 amide bonds. The molecule has 1 N–H and O–H groups in total. The Balaban J connectivity index is 1.43. The number of methoxy groups -OCH3 is 1. The fourth-order valence-electron chi connectivity index (χ4n) is 5.44. The Kier molecular flexibility index (Phi) is 11.3.